The van der Waals surface area contributed by atoms with Gasteiger partial charge in [0.1, 0.15) is 31.1 Å². The minimum absolute atomic E-state index is 0. The number of nitrogens with one attached hydrogen (secondary N) is 2. The molecule has 0 aliphatic carbocycles. The summed E-state index contributed by atoms with van der Waals surface area (Å²) in [6, 6.07) is 8.17. The summed E-state index contributed by atoms with van der Waals surface area (Å²) in [7, 11) is 1.86. The molecule has 144 valence electrons. The van der Waals surface area contributed by atoms with Gasteiger partial charge in [0, 0.05) is 13.6 Å². The van der Waals surface area contributed by atoms with Gasteiger partial charge < -0.3 is 15.4 Å². The molecule has 0 saturated carbocycles. The number of rotatable bonds is 8. The molecule has 1 heterocycles. The lowest BCUT2D eigenvalue weighted by Crippen LogP contribution is -2.39. The second-order valence-electron chi connectivity index (χ2n) is 5.96. The van der Waals surface area contributed by atoms with Crippen LogP contribution >= 0.6 is 24.0 Å². The lowest BCUT2D eigenvalue weighted by molar-refractivity contribution is 0.317. The van der Waals surface area contributed by atoms with Crippen LogP contribution < -0.4 is 15.4 Å². The van der Waals surface area contributed by atoms with Crippen molar-refractivity contribution in [1.82, 2.24) is 25.4 Å². The first-order valence-corrected chi connectivity index (χ1v) is 8.68. The Morgan fingerprint density at radius 1 is 1.27 bits per heavy atom. The Bertz CT molecular complexity index is 686. The average Bonchev–Trinajstić information content (AvgIpc) is 3.01. The van der Waals surface area contributed by atoms with Crippen molar-refractivity contribution >= 4 is 29.9 Å². The van der Waals surface area contributed by atoms with Crippen molar-refractivity contribution in [3.8, 4) is 5.75 Å². The SMILES string of the molecule is CCNC(=NCc1ncnn1C)NCCOc1ccccc1C(C)C.I. The minimum atomic E-state index is 0. The van der Waals surface area contributed by atoms with Gasteiger partial charge in [-0.05, 0) is 24.5 Å². The fourth-order valence-electron chi connectivity index (χ4n) is 2.37. The number of benzene rings is 1. The summed E-state index contributed by atoms with van der Waals surface area (Å²) in [6.45, 7) is 8.88. The van der Waals surface area contributed by atoms with Gasteiger partial charge in [-0.15, -0.1) is 24.0 Å². The van der Waals surface area contributed by atoms with Crippen molar-refractivity contribution in [3.63, 3.8) is 0 Å². The van der Waals surface area contributed by atoms with E-state index in [1.165, 1.54) is 11.9 Å². The molecule has 0 aliphatic rings. The maximum absolute atomic E-state index is 5.92. The van der Waals surface area contributed by atoms with E-state index >= 15 is 0 Å². The number of ether oxygens (including phenoxy) is 1. The van der Waals surface area contributed by atoms with Crippen molar-refractivity contribution in [2.24, 2.45) is 12.0 Å². The van der Waals surface area contributed by atoms with Crippen LogP contribution in [0.25, 0.3) is 0 Å². The molecule has 7 nitrogen and oxygen atoms in total. The highest BCUT2D eigenvalue weighted by Gasteiger charge is 2.07. The van der Waals surface area contributed by atoms with Gasteiger partial charge in [-0.3, -0.25) is 4.68 Å². The third-order valence-electron chi connectivity index (χ3n) is 3.72. The van der Waals surface area contributed by atoms with Crippen molar-refractivity contribution in [1.29, 1.82) is 0 Å². The summed E-state index contributed by atoms with van der Waals surface area (Å²) >= 11 is 0. The first-order valence-electron chi connectivity index (χ1n) is 8.68. The third-order valence-corrected chi connectivity index (χ3v) is 3.72. The van der Waals surface area contributed by atoms with Gasteiger partial charge in [-0.2, -0.15) is 5.10 Å². The zero-order chi connectivity index (χ0) is 18.1. The molecular weight excluding hydrogens is 443 g/mol. The molecule has 0 fully saturated rings. The Kier molecular flexibility index (Phi) is 10.0. The maximum Gasteiger partial charge on any atom is 0.191 e. The molecule has 0 spiro atoms. The number of nitrogens with zero attached hydrogens (tertiary/aromatic N) is 4. The topological polar surface area (TPSA) is 76.4 Å². The zero-order valence-corrected chi connectivity index (χ0v) is 18.2. The molecule has 0 saturated heterocycles. The summed E-state index contributed by atoms with van der Waals surface area (Å²) in [5, 5.41) is 10.5. The largest absolute Gasteiger partial charge is 0.491 e. The number of guanidine groups is 1. The lowest BCUT2D eigenvalue weighted by Gasteiger charge is -2.15. The molecule has 0 aliphatic heterocycles. The molecule has 0 atom stereocenters. The van der Waals surface area contributed by atoms with Crippen molar-refractivity contribution in [3.05, 3.63) is 42.0 Å². The zero-order valence-electron chi connectivity index (χ0n) is 15.9. The molecule has 2 rings (SSSR count). The van der Waals surface area contributed by atoms with Gasteiger partial charge in [-0.1, -0.05) is 32.0 Å². The molecular formula is C18H29IN6O. The molecule has 8 heteroatoms. The fraction of sp³-hybridized carbons (Fsp3) is 0.500. The number of halogens is 1. The van der Waals surface area contributed by atoms with E-state index in [9.17, 15) is 0 Å². The number of aryl methyl sites for hydroxylation is 1. The van der Waals surface area contributed by atoms with E-state index in [4.69, 9.17) is 4.74 Å². The van der Waals surface area contributed by atoms with Gasteiger partial charge in [-0.25, -0.2) is 9.98 Å². The van der Waals surface area contributed by atoms with Crippen LogP contribution in [-0.2, 0) is 13.6 Å². The van der Waals surface area contributed by atoms with E-state index in [1.54, 1.807) is 4.68 Å². The second-order valence-corrected chi connectivity index (χ2v) is 5.96. The normalized spacial score (nSPS) is 11.2. The Balaban J connectivity index is 0.00000338. The number of hydrogen-bond acceptors (Lipinski definition) is 4. The Morgan fingerprint density at radius 2 is 2.04 bits per heavy atom. The Labute approximate surface area is 172 Å². The number of aromatic nitrogens is 3. The van der Waals surface area contributed by atoms with Crippen molar-refractivity contribution in [2.75, 3.05) is 19.7 Å². The molecule has 1 aromatic heterocycles. The highest BCUT2D eigenvalue weighted by atomic mass is 127. The minimum Gasteiger partial charge on any atom is -0.491 e. The highest BCUT2D eigenvalue weighted by Crippen LogP contribution is 2.25. The monoisotopic (exact) mass is 472 g/mol. The molecule has 2 N–H and O–H groups in total. The van der Waals surface area contributed by atoms with Gasteiger partial charge in [0.25, 0.3) is 0 Å². The smallest absolute Gasteiger partial charge is 0.191 e. The second kappa shape index (κ2) is 11.7. The molecule has 1 aromatic carbocycles. The first-order chi connectivity index (χ1) is 12.1. The van der Waals surface area contributed by atoms with Crippen LogP contribution in [0.1, 0.15) is 38.1 Å². The van der Waals surface area contributed by atoms with Crippen LogP contribution in [0.5, 0.6) is 5.75 Å². The summed E-state index contributed by atoms with van der Waals surface area (Å²) < 4.78 is 7.65. The van der Waals surface area contributed by atoms with E-state index < -0.39 is 0 Å². The van der Waals surface area contributed by atoms with Crippen LogP contribution in [0.15, 0.2) is 35.6 Å². The van der Waals surface area contributed by atoms with Crippen LogP contribution in [0.4, 0.5) is 0 Å². The summed E-state index contributed by atoms with van der Waals surface area (Å²) in [6.07, 6.45) is 1.53. The van der Waals surface area contributed by atoms with E-state index in [2.05, 4.69) is 45.6 Å². The molecule has 0 radical (unpaired) electrons. The fourth-order valence-corrected chi connectivity index (χ4v) is 2.37. The van der Waals surface area contributed by atoms with Crippen LogP contribution in [0.2, 0.25) is 0 Å². The molecule has 0 unspecified atom stereocenters. The highest BCUT2D eigenvalue weighted by molar-refractivity contribution is 14.0. The van der Waals surface area contributed by atoms with Gasteiger partial charge >= 0.3 is 0 Å². The number of para-hydroxylation sites is 1. The lowest BCUT2D eigenvalue weighted by atomic mass is 10.0. The van der Waals surface area contributed by atoms with Gasteiger partial charge in [0.05, 0.1) is 6.54 Å². The van der Waals surface area contributed by atoms with Crippen LogP contribution in [0.3, 0.4) is 0 Å². The molecule has 0 bridgehead atoms. The summed E-state index contributed by atoms with van der Waals surface area (Å²) in [5.41, 5.74) is 1.23. The van der Waals surface area contributed by atoms with E-state index in [-0.39, 0.29) is 24.0 Å². The first kappa shape index (κ1) is 22.2. The quantitative estimate of drug-likeness (QED) is 0.268. The number of hydrogen-bond donors (Lipinski definition) is 2. The Hall–Kier alpha value is -1.84. The Morgan fingerprint density at radius 3 is 2.69 bits per heavy atom. The molecule has 0 amide bonds. The third kappa shape index (κ3) is 6.81. The van der Waals surface area contributed by atoms with Gasteiger partial charge in [0.15, 0.2) is 5.96 Å². The van der Waals surface area contributed by atoms with E-state index in [0.29, 0.717) is 25.6 Å². The summed E-state index contributed by atoms with van der Waals surface area (Å²) in [5.74, 6) is 2.94. The van der Waals surface area contributed by atoms with Gasteiger partial charge in [0.2, 0.25) is 0 Å². The average molecular weight is 472 g/mol. The predicted molar refractivity (Wildman–Crippen MR) is 115 cm³/mol. The molecule has 26 heavy (non-hydrogen) atoms. The van der Waals surface area contributed by atoms with Crippen LogP contribution in [-0.4, -0.2) is 40.4 Å². The van der Waals surface area contributed by atoms with Crippen molar-refractivity contribution in [2.45, 2.75) is 33.2 Å². The van der Waals surface area contributed by atoms with Crippen molar-refractivity contribution < 1.29 is 4.74 Å². The predicted octanol–water partition coefficient (Wildman–Crippen LogP) is 2.69. The van der Waals surface area contributed by atoms with E-state index in [1.807, 2.05) is 32.2 Å². The van der Waals surface area contributed by atoms with Crippen LogP contribution in [0, 0.1) is 0 Å². The van der Waals surface area contributed by atoms with E-state index in [0.717, 1.165) is 24.1 Å². The maximum atomic E-state index is 5.92. The molecule has 2 aromatic rings. The summed E-state index contributed by atoms with van der Waals surface area (Å²) in [4.78, 5) is 8.70. The standard InChI is InChI=1S/C18H28N6O.HI/c1-5-19-18(21-12-17-22-13-23-24(17)4)20-10-11-25-16-9-7-6-8-15(16)14(2)3;/h6-9,13-14H,5,10-12H2,1-4H3,(H2,19,20,21);1H. The number of aliphatic imine (C=N–C) groups is 1.